The quantitative estimate of drug-likeness (QED) is 0.574. The second-order valence-electron chi connectivity index (χ2n) is 4.63. The molecule has 0 saturated heterocycles. The van der Waals surface area contributed by atoms with Gasteiger partial charge in [0.15, 0.2) is 0 Å². The van der Waals surface area contributed by atoms with Crippen LogP contribution in [-0.4, -0.2) is 17.6 Å². The molecule has 0 aromatic rings. The SMILES string of the molecule is CCCCCC(=O)NNC(=O)OC(C)(C)C. The first kappa shape index (κ1) is 14.7. The molecule has 0 aliphatic carbocycles. The van der Waals surface area contributed by atoms with E-state index in [-0.39, 0.29) is 5.91 Å². The average Bonchev–Trinajstić information content (AvgIpc) is 2.12. The third-order valence-electron chi connectivity index (χ3n) is 1.71. The highest BCUT2D eigenvalue weighted by Crippen LogP contribution is 2.05. The lowest BCUT2D eigenvalue weighted by Gasteiger charge is -2.19. The Balaban J connectivity index is 3.63. The van der Waals surface area contributed by atoms with Crippen LogP contribution in [0.25, 0.3) is 0 Å². The Hall–Kier alpha value is -1.26. The van der Waals surface area contributed by atoms with Gasteiger partial charge in [0.05, 0.1) is 0 Å². The smallest absolute Gasteiger partial charge is 0.426 e. The molecule has 5 nitrogen and oxygen atoms in total. The van der Waals surface area contributed by atoms with E-state index in [2.05, 4.69) is 17.8 Å². The van der Waals surface area contributed by atoms with Gasteiger partial charge in [0, 0.05) is 6.42 Å². The summed E-state index contributed by atoms with van der Waals surface area (Å²) in [5.41, 5.74) is 3.95. The molecule has 0 radical (unpaired) electrons. The maximum atomic E-state index is 11.2. The van der Waals surface area contributed by atoms with Gasteiger partial charge in [-0.3, -0.25) is 10.2 Å². The molecule has 0 aliphatic heterocycles. The molecule has 0 atom stereocenters. The normalized spacial score (nSPS) is 10.8. The van der Waals surface area contributed by atoms with Crippen LogP contribution in [0, 0.1) is 0 Å². The van der Waals surface area contributed by atoms with E-state index in [1.54, 1.807) is 20.8 Å². The van der Waals surface area contributed by atoms with Gasteiger partial charge in [-0.05, 0) is 27.2 Å². The molecule has 0 saturated carbocycles. The Morgan fingerprint density at radius 1 is 1.12 bits per heavy atom. The standard InChI is InChI=1S/C11H22N2O3/c1-5-6-7-8-9(14)12-13-10(15)16-11(2,3)4/h5-8H2,1-4H3,(H,12,14)(H,13,15). The molecule has 2 N–H and O–H groups in total. The number of unbranched alkanes of at least 4 members (excludes halogenated alkanes) is 2. The number of hydrazine groups is 1. The fraction of sp³-hybridized carbons (Fsp3) is 0.818. The van der Waals surface area contributed by atoms with Crippen molar-refractivity contribution < 1.29 is 14.3 Å². The maximum Gasteiger partial charge on any atom is 0.426 e. The van der Waals surface area contributed by atoms with Crippen molar-refractivity contribution in [3.05, 3.63) is 0 Å². The van der Waals surface area contributed by atoms with E-state index in [0.717, 1.165) is 19.3 Å². The van der Waals surface area contributed by atoms with Gasteiger partial charge in [-0.25, -0.2) is 10.2 Å². The summed E-state index contributed by atoms with van der Waals surface area (Å²) in [6, 6.07) is 0. The predicted octanol–water partition coefficient (Wildman–Crippen LogP) is 2.12. The van der Waals surface area contributed by atoms with Gasteiger partial charge in [-0.2, -0.15) is 0 Å². The molecule has 0 aliphatic rings. The Kier molecular flexibility index (Phi) is 6.53. The number of amides is 2. The number of carbonyl (C=O) groups excluding carboxylic acids is 2. The van der Waals surface area contributed by atoms with Crippen LogP contribution in [-0.2, 0) is 9.53 Å². The van der Waals surface area contributed by atoms with E-state index >= 15 is 0 Å². The van der Waals surface area contributed by atoms with Crippen LogP contribution in [0.5, 0.6) is 0 Å². The third-order valence-corrected chi connectivity index (χ3v) is 1.71. The van der Waals surface area contributed by atoms with E-state index in [1.807, 2.05) is 0 Å². The Labute approximate surface area is 96.9 Å². The van der Waals surface area contributed by atoms with E-state index in [9.17, 15) is 9.59 Å². The molecule has 0 spiro atoms. The van der Waals surface area contributed by atoms with E-state index in [4.69, 9.17) is 4.74 Å². The summed E-state index contributed by atoms with van der Waals surface area (Å²) in [6.07, 6.45) is 2.69. The zero-order valence-electron chi connectivity index (χ0n) is 10.6. The summed E-state index contributed by atoms with van der Waals surface area (Å²) in [6.45, 7) is 7.35. The molecule has 0 bridgehead atoms. The molecule has 5 heteroatoms. The summed E-state index contributed by atoms with van der Waals surface area (Å²) in [5, 5.41) is 0. The zero-order valence-corrected chi connectivity index (χ0v) is 10.6. The molecule has 0 aromatic carbocycles. The van der Waals surface area contributed by atoms with Gasteiger partial charge < -0.3 is 4.74 Å². The second kappa shape index (κ2) is 7.09. The summed E-state index contributed by atoms with van der Waals surface area (Å²) in [5.74, 6) is -0.195. The summed E-state index contributed by atoms with van der Waals surface area (Å²) >= 11 is 0. The number of carbonyl (C=O) groups is 2. The van der Waals surface area contributed by atoms with Gasteiger partial charge in [-0.15, -0.1) is 0 Å². The van der Waals surface area contributed by atoms with Crippen molar-refractivity contribution in [1.29, 1.82) is 0 Å². The highest BCUT2D eigenvalue weighted by atomic mass is 16.6. The van der Waals surface area contributed by atoms with Crippen molar-refractivity contribution in [2.75, 3.05) is 0 Å². The van der Waals surface area contributed by atoms with Crippen molar-refractivity contribution >= 4 is 12.0 Å². The van der Waals surface area contributed by atoms with Gasteiger partial charge in [0.2, 0.25) is 5.91 Å². The first-order valence-electron chi connectivity index (χ1n) is 5.63. The third kappa shape index (κ3) is 9.30. The molecule has 0 unspecified atom stereocenters. The van der Waals surface area contributed by atoms with Crippen LogP contribution in [0.4, 0.5) is 4.79 Å². The van der Waals surface area contributed by atoms with Crippen LogP contribution >= 0.6 is 0 Å². The molecule has 0 heterocycles. The molecule has 0 aromatic heterocycles. The van der Waals surface area contributed by atoms with Crippen molar-refractivity contribution in [3.63, 3.8) is 0 Å². The lowest BCUT2D eigenvalue weighted by Crippen LogP contribution is -2.44. The van der Waals surface area contributed by atoms with Crippen molar-refractivity contribution in [2.24, 2.45) is 0 Å². The van der Waals surface area contributed by atoms with Crippen LogP contribution < -0.4 is 10.9 Å². The van der Waals surface area contributed by atoms with Crippen LogP contribution in [0.1, 0.15) is 53.4 Å². The molecule has 94 valence electrons. The maximum absolute atomic E-state index is 11.2. The number of ether oxygens (including phenoxy) is 1. The number of hydrogen-bond acceptors (Lipinski definition) is 3. The second-order valence-corrected chi connectivity index (χ2v) is 4.63. The number of rotatable bonds is 4. The lowest BCUT2D eigenvalue weighted by atomic mass is 10.2. The Morgan fingerprint density at radius 2 is 1.75 bits per heavy atom. The van der Waals surface area contributed by atoms with Crippen LogP contribution in [0.3, 0.4) is 0 Å². The highest BCUT2D eigenvalue weighted by molar-refractivity contribution is 5.79. The molecule has 16 heavy (non-hydrogen) atoms. The monoisotopic (exact) mass is 230 g/mol. The average molecular weight is 230 g/mol. The number of hydrogen-bond donors (Lipinski definition) is 2. The molecular formula is C11H22N2O3. The topological polar surface area (TPSA) is 67.4 Å². The van der Waals surface area contributed by atoms with Crippen LogP contribution in [0.15, 0.2) is 0 Å². The van der Waals surface area contributed by atoms with Crippen molar-refractivity contribution in [3.8, 4) is 0 Å². The predicted molar refractivity (Wildman–Crippen MR) is 61.7 cm³/mol. The Bertz CT molecular complexity index is 234. The molecule has 0 rings (SSSR count). The van der Waals surface area contributed by atoms with E-state index in [1.165, 1.54) is 0 Å². The van der Waals surface area contributed by atoms with Gasteiger partial charge in [0.1, 0.15) is 5.60 Å². The summed E-state index contributed by atoms with van der Waals surface area (Å²) in [7, 11) is 0. The fourth-order valence-electron chi connectivity index (χ4n) is 1.02. The highest BCUT2D eigenvalue weighted by Gasteiger charge is 2.16. The molecule has 2 amide bonds. The van der Waals surface area contributed by atoms with Crippen molar-refractivity contribution in [1.82, 2.24) is 10.9 Å². The summed E-state index contributed by atoms with van der Waals surface area (Å²) < 4.78 is 4.95. The van der Waals surface area contributed by atoms with E-state index < -0.39 is 11.7 Å². The van der Waals surface area contributed by atoms with Gasteiger partial charge in [0.25, 0.3) is 0 Å². The molecular weight excluding hydrogens is 208 g/mol. The van der Waals surface area contributed by atoms with Crippen molar-refractivity contribution in [2.45, 2.75) is 59.0 Å². The first-order chi connectivity index (χ1) is 7.35. The fourth-order valence-corrected chi connectivity index (χ4v) is 1.02. The van der Waals surface area contributed by atoms with Crippen LogP contribution in [0.2, 0.25) is 0 Å². The minimum atomic E-state index is -0.642. The van der Waals surface area contributed by atoms with Gasteiger partial charge in [-0.1, -0.05) is 19.8 Å². The van der Waals surface area contributed by atoms with Gasteiger partial charge >= 0.3 is 6.09 Å². The summed E-state index contributed by atoms with van der Waals surface area (Å²) in [4.78, 5) is 22.4. The first-order valence-corrected chi connectivity index (χ1v) is 5.63. The molecule has 0 fully saturated rings. The Morgan fingerprint density at radius 3 is 2.25 bits per heavy atom. The lowest BCUT2D eigenvalue weighted by molar-refractivity contribution is -0.122. The zero-order chi connectivity index (χ0) is 12.6. The van der Waals surface area contributed by atoms with E-state index in [0.29, 0.717) is 6.42 Å². The minimum Gasteiger partial charge on any atom is -0.443 e. The largest absolute Gasteiger partial charge is 0.443 e. The minimum absolute atomic E-state index is 0.195. The number of nitrogens with one attached hydrogen (secondary N) is 2.